The molecule has 0 amide bonds. The van der Waals surface area contributed by atoms with Crippen LogP contribution in [0.1, 0.15) is 24.6 Å². The van der Waals surface area contributed by atoms with E-state index in [9.17, 15) is 4.79 Å². The van der Waals surface area contributed by atoms with Gasteiger partial charge in [0.15, 0.2) is 0 Å². The van der Waals surface area contributed by atoms with E-state index >= 15 is 0 Å². The van der Waals surface area contributed by atoms with Gasteiger partial charge in [0.1, 0.15) is 0 Å². The predicted molar refractivity (Wildman–Crippen MR) is 100 cm³/mol. The third kappa shape index (κ3) is 3.10. The molecular formula is C18H17N5OS. The molecule has 3 heterocycles. The summed E-state index contributed by atoms with van der Waals surface area (Å²) in [6, 6.07) is 11.6. The van der Waals surface area contributed by atoms with E-state index in [0.717, 1.165) is 35.0 Å². The molecule has 6 nitrogen and oxygen atoms in total. The summed E-state index contributed by atoms with van der Waals surface area (Å²) in [6.45, 7) is 2.66. The maximum Gasteiger partial charge on any atom is 0.275 e. The lowest BCUT2D eigenvalue weighted by Crippen LogP contribution is -2.15. The number of fused-ring (bicyclic) bond motifs is 2. The van der Waals surface area contributed by atoms with Crippen molar-refractivity contribution in [1.29, 1.82) is 0 Å². The van der Waals surface area contributed by atoms with Gasteiger partial charge in [0, 0.05) is 29.9 Å². The summed E-state index contributed by atoms with van der Waals surface area (Å²) in [7, 11) is 0. The van der Waals surface area contributed by atoms with Gasteiger partial charge in [-0.15, -0.1) is 5.10 Å². The highest BCUT2D eigenvalue weighted by atomic mass is 32.1. The molecule has 0 bridgehead atoms. The maximum atomic E-state index is 12.2. The van der Waals surface area contributed by atoms with E-state index in [1.807, 2.05) is 30.3 Å². The van der Waals surface area contributed by atoms with E-state index in [4.69, 9.17) is 0 Å². The van der Waals surface area contributed by atoms with Crippen molar-refractivity contribution in [2.24, 2.45) is 0 Å². The van der Waals surface area contributed by atoms with Gasteiger partial charge in [-0.1, -0.05) is 48.9 Å². The highest BCUT2D eigenvalue weighted by Crippen LogP contribution is 2.20. The largest absolute Gasteiger partial charge is 0.356 e. The van der Waals surface area contributed by atoms with Gasteiger partial charge in [0.25, 0.3) is 5.56 Å². The Morgan fingerprint density at radius 3 is 3.00 bits per heavy atom. The minimum Gasteiger partial charge on any atom is -0.356 e. The van der Waals surface area contributed by atoms with Gasteiger partial charge < -0.3 is 5.32 Å². The Hall–Kier alpha value is -2.80. The fraction of sp³-hybridized carbons (Fsp3) is 0.222. The number of benzene rings is 1. The van der Waals surface area contributed by atoms with Crippen molar-refractivity contribution in [3.63, 3.8) is 0 Å². The number of anilines is 1. The first-order chi connectivity index (χ1) is 12.2. The number of para-hydroxylation sites is 1. The topological polar surface area (TPSA) is 72.2 Å². The lowest BCUT2D eigenvalue weighted by atomic mass is 10.1. The van der Waals surface area contributed by atoms with Gasteiger partial charge in [-0.25, -0.2) is 4.98 Å². The van der Waals surface area contributed by atoms with Crippen LogP contribution in [0.4, 0.5) is 5.13 Å². The second-order valence-corrected chi connectivity index (χ2v) is 6.74. The van der Waals surface area contributed by atoms with E-state index in [1.54, 1.807) is 12.3 Å². The zero-order chi connectivity index (χ0) is 17.2. The van der Waals surface area contributed by atoms with Gasteiger partial charge >= 0.3 is 0 Å². The summed E-state index contributed by atoms with van der Waals surface area (Å²) < 4.78 is 1.35. The van der Waals surface area contributed by atoms with Crippen LogP contribution in [0.15, 0.2) is 47.4 Å². The van der Waals surface area contributed by atoms with Crippen LogP contribution in [0.3, 0.4) is 0 Å². The Morgan fingerprint density at radius 1 is 1.24 bits per heavy atom. The molecule has 126 valence electrons. The highest BCUT2D eigenvalue weighted by Gasteiger charge is 2.09. The van der Waals surface area contributed by atoms with Crippen LogP contribution in [-0.4, -0.2) is 19.6 Å². The van der Waals surface area contributed by atoms with Crippen LogP contribution in [0.2, 0.25) is 0 Å². The van der Waals surface area contributed by atoms with Gasteiger partial charge in [-0.05, 0) is 18.1 Å². The number of nitrogens with zero attached hydrogens (tertiary/aromatic N) is 4. The average Bonchev–Trinajstić information content (AvgIpc) is 3.04. The number of hydrogen-bond acceptors (Lipinski definition) is 6. The average molecular weight is 351 g/mol. The number of rotatable bonds is 5. The number of aromatic nitrogens is 4. The molecule has 0 fully saturated rings. The SMILES string of the molecule is CCCc1cc(=O)n2nc(NCc3cccc4cccnc34)sc2n1. The van der Waals surface area contributed by atoms with Crippen molar-refractivity contribution in [3.05, 3.63) is 64.2 Å². The molecule has 0 spiro atoms. The van der Waals surface area contributed by atoms with Gasteiger partial charge in [-0.3, -0.25) is 9.78 Å². The summed E-state index contributed by atoms with van der Waals surface area (Å²) in [5, 5.41) is 9.40. The van der Waals surface area contributed by atoms with Crippen molar-refractivity contribution >= 4 is 32.3 Å². The summed E-state index contributed by atoms with van der Waals surface area (Å²) in [5.41, 5.74) is 2.74. The van der Waals surface area contributed by atoms with E-state index in [1.165, 1.54) is 15.9 Å². The lowest BCUT2D eigenvalue weighted by molar-refractivity contribution is 0.840. The minimum atomic E-state index is -0.135. The zero-order valence-electron chi connectivity index (χ0n) is 13.8. The third-order valence-corrected chi connectivity index (χ3v) is 4.82. The molecule has 0 aliphatic rings. The first-order valence-corrected chi connectivity index (χ1v) is 9.02. The molecule has 3 aromatic heterocycles. The molecule has 0 radical (unpaired) electrons. The Morgan fingerprint density at radius 2 is 2.12 bits per heavy atom. The Balaban J connectivity index is 1.62. The quantitative estimate of drug-likeness (QED) is 0.597. The monoisotopic (exact) mass is 351 g/mol. The number of hydrogen-bond donors (Lipinski definition) is 1. The molecule has 0 saturated heterocycles. The standard InChI is InChI=1S/C18H17N5OS/c1-2-5-14-10-15(24)23-18(21-14)25-17(22-23)20-11-13-7-3-6-12-8-4-9-19-16(12)13/h3-4,6-10H,2,5,11H2,1H3,(H,20,22). The summed E-state index contributed by atoms with van der Waals surface area (Å²) in [5.74, 6) is 0. The Labute approximate surface area is 148 Å². The molecule has 1 N–H and O–H groups in total. The predicted octanol–water partition coefficient (Wildman–Crippen LogP) is 3.26. The van der Waals surface area contributed by atoms with Crippen molar-refractivity contribution in [2.45, 2.75) is 26.3 Å². The second kappa shape index (κ2) is 6.60. The van der Waals surface area contributed by atoms with Crippen LogP contribution >= 0.6 is 11.3 Å². The number of aryl methyl sites for hydroxylation is 1. The molecule has 0 aliphatic heterocycles. The molecule has 4 rings (SSSR count). The first kappa shape index (κ1) is 15.7. The summed E-state index contributed by atoms with van der Waals surface area (Å²) in [4.78, 5) is 21.8. The van der Waals surface area contributed by atoms with E-state index in [-0.39, 0.29) is 5.56 Å². The molecule has 25 heavy (non-hydrogen) atoms. The lowest BCUT2D eigenvalue weighted by Gasteiger charge is -2.05. The normalized spacial score (nSPS) is 11.2. The van der Waals surface area contributed by atoms with Crippen molar-refractivity contribution in [3.8, 4) is 0 Å². The highest BCUT2D eigenvalue weighted by molar-refractivity contribution is 7.20. The van der Waals surface area contributed by atoms with Crippen molar-refractivity contribution in [2.75, 3.05) is 5.32 Å². The fourth-order valence-electron chi connectivity index (χ4n) is 2.79. The van der Waals surface area contributed by atoms with Crippen LogP contribution < -0.4 is 10.9 Å². The van der Waals surface area contributed by atoms with E-state index < -0.39 is 0 Å². The molecule has 0 aliphatic carbocycles. The first-order valence-electron chi connectivity index (χ1n) is 8.21. The number of pyridine rings is 1. The smallest absolute Gasteiger partial charge is 0.275 e. The fourth-order valence-corrected chi connectivity index (χ4v) is 3.61. The maximum absolute atomic E-state index is 12.2. The Kier molecular flexibility index (Phi) is 4.15. The Bertz CT molecular complexity index is 1100. The van der Waals surface area contributed by atoms with Crippen LogP contribution in [0, 0.1) is 0 Å². The van der Waals surface area contributed by atoms with E-state index in [0.29, 0.717) is 16.6 Å². The molecule has 0 saturated carbocycles. The molecule has 1 aromatic carbocycles. The number of nitrogens with one attached hydrogen (secondary N) is 1. The van der Waals surface area contributed by atoms with Gasteiger partial charge in [-0.2, -0.15) is 4.52 Å². The summed E-state index contributed by atoms with van der Waals surface area (Å²) >= 11 is 1.39. The molecular weight excluding hydrogens is 334 g/mol. The van der Waals surface area contributed by atoms with Gasteiger partial charge in [0.05, 0.1) is 5.52 Å². The van der Waals surface area contributed by atoms with Crippen LogP contribution in [0.25, 0.3) is 15.9 Å². The van der Waals surface area contributed by atoms with Crippen molar-refractivity contribution in [1.82, 2.24) is 19.6 Å². The molecule has 0 unspecified atom stereocenters. The minimum absolute atomic E-state index is 0.135. The van der Waals surface area contributed by atoms with E-state index in [2.05, 4.69) is 27.3 Å². The van der Waals surface area contributed by atoms with Gasteiger partial charge in [0.2, 0.25) is 10.1 Å². The zero-order valence-corrected chi connectivity index (χ0v) is 14.6. The molecule has 4 aromatic rings. The van der Waals surface area contributed by atoms with Crippen molar-refractivity contribution < 1.29 is 0 Å². The second-order valence-electron chi connectivity index (χ2n) is 5.78. The molecule has 7 heteroatoms. The summed E-state index contributed by atoms with van der Waals surface area (Å²) in [6.07, 6.45) is 3.55. The van der Waals surface area contributed by atoms with Crippen LogP contribution in [-0.2, 0) is 13.0 Å². The van der Waals surface area contributed by atoms with Crippen LogP contribution in [0.5, 0.6) is 0 Å². The third-order valence-electron chi connectivity index (χ3n) is 3.95. The molecule has 0 atom stereocenters.